The molecule has 1 spiro atoms. The molecule has 248 valence electrons. The van der Waals surface area contributed by atoms with E-state index in [4.69, 9.17) is 14.2 Å². The van der Waals surface area contributed by atoms with Crippen LogP contribution in [0.4, 0.5) is 9.18 Å². The second-order valence-electron chi connectivity index (χ2n) is 14.5. The van der Waals surface area contributed by atoms with Crippen molar-refractivity contribution < 1.29 is 33.0 Å². The van der Waals surface area contributed by atoms with Crippen molar-refractivity contribution in [3.63, 3.8) is 0 Å². The van der Waals surface area contributed by atoms with Crippen LogP contribution in [0.2, 0.25) is 0 Å². The second-order valence-corrected chi connectivity index (χ2v) is 14.5. The van der Waals surface area contributed by atoms with Crippen LogP contribution in [-0.4, -0.2) is 88.8 Å². The van der Waals surface area contributed by atoms with E-state index in [9.17, 15) is 19.6 Å². The number of piperidine rings is 2. The summed E-state index contributed by atoms with van der Waals surface area (Å²) < 4.78 is 32.4. The summed E-state index contributed by atoms with van der Waals surface area (Å²) in [6, 6.07) is 7.23. The fraction of sp³-hybridized carbons (Fsp3) is 0.571. The summed E-state index contributed by atoms with van der Waals surface area (Å²) in [5, 5.41) is 12.7. The molecule has 1 saturated carbocycles. The van der Waals surface area contributed by atoms with Crippen LogP contribution in [0.15, 0.2) is 30.5 Å². The van der Waals surface area contributed by atoms with Gasteiger partial charge in [-0.05, 0) is 63.6 Å². The van der Waals surface area contributed by atoms with Gasteiger partial charge in [-0.2, -0.15) is 5.26 Å². The van der Waals surface area contributed by atoms with Crippen LogP contribution in [0.3, 0.4) is 0 Å². The van der Waals surface area contributed by atoms with Gasteiger partial charge in [0.2, 0.25) is 5.91 Å². The van der Waals surface area contributed by atoms with Crippen LogP contribution in [-0.2, 0) is 31.0 Å². The Hall–Kier alpha value is -4.08. The van der Waals surface area contributed by atoms with Crippen LogP contribution in [0, 0.1) is 23.1 Å². The Balaban J connectivity index is 1.04. The third-order valence-corrected chi connectivity index (χ3v) is 10.3. The maximum atomic E-state index is 15.5. The van der Waals surface area contributed by atoms with Crippen molar-refractivity contribution in [1.29, 1.82) is 5.26 Å². The summed E-state index contributed by atoms with van der Waals surface area (Å²) in [6.07, 6.45) is 4.61. The van der Waals surface area contributed by atoms with E-state index in [1.807, 2.05) is 6.07 Å². The van der Waals surface area contributed by atoms with Crippen LogP contribution < -0.4 is 5.32 Å². The molecule has 3 saturated heterocycles. The van der Waals surface area contributed by atoms with Gasteiger partial charge in [0.05, 0.1) is 36.6 Å². The molecule has 7 rings (SSSR count). The van der Waals surface area contributed by atoms with Crippen LogP contribution in [0.25, 0.3) is 11.3 Å². The number of halogens is 1. The van der Waals surface area contributed by atoms with E-state index < -0.39 is 41.1 Å². The number of carbonyl (C=O) groups is 3. The van der Waals surface area contributed by atoms with Gasteiger partial charge in [0, 0.05) is 55.7 Å². The van der Waals surface area contributed by atoms with Crippen LogP contribution >= 0.6 is 0 Å². The highest BCUT2D eigenvalue weighted by Gasteiger charge is 2.53. The van der Waals surface area contributed by atoms with Gasteiger partial charge in [-0.1, -0.05) is 12.1 Å². The van der Waals surface area contributed by atoms with Gasteiger partial charge in [0.15, 0.2) is 0 Å². The zero-order valence-corrected chi connectivity index (χ0v) is 27.0. The lowest BCUT2D eigenvalue weighted by atomic mass is 9.83. The molecular weight excluding hydrogens is 605 g/mol. The normalized spacial score (nSPS) is 25.6. The number of nitriles is 1. The third-order valence-electron chi connectivity index (χ3n) is 10.3. The number of carbonyl (C=O) groups excluding carboxylic acids is 3. The zero-order chi connectivity index (χ0) is 33.1. The maximum Gasteiger partial charge on any atom is 0.411 e. The largest absolute Gasteiger partial charge is 0.450 e. The van der Waals surface area contributed by atoms with E-state index in [-0.39, 0.29) is 29.9 Å². The van der Waals surface area contributed by atoms with Gasteiger partial charge in [-0.15, -0.1) is 0 Å². The first-order chi connectivity index (χ1) is 22.4. The van der Waals surface area contributed by atoms with Crippen molar-refractivity contribution in [3.8, 4) is 17.3 Å². The predicted molar refractivity (Wildman–Crippen MR) is 166 cm³/mol. The van der Waals surface area contributed by atoms with Gasteiger partial charge in [0.25, 0.3) is 0 Å². The summed E-state index contributed by atoms with van der Waals surface area (Å²) >= 11 is 0. The van der Waals surface area contributed by atoms with E-state index in [0.29, 0.717) is 35.7 Å². The number of fused-ring (bicyclic) bond motifs is 4. The smallest absolute Gasteiger partial charge is 0.411 e. The van der Waals surface area contributed by atoms with Crippen molar-refractivity contribution in [2.75, 3.05) is 26.3 Å². The highest BCUT2D eigenvalue weighted by molar-refractivity contribution is 5.95. The number of hydrogen-bond acceptors (Lipinski definition) is 9. The van der Waals surface area contributed by atoms with Crippen molar-refractivity contribution in [1.82, 2.24) is 20.1 Å². The molecule has 4 atom stereocenters. The van der Waals surface area contributed by atoms with Crippen LogP contribution in [0.1, 0.15) is 74.4 Å². The number of nitrogens with one attached hydrogen (secondary N) is 1. The highest BCUT2D eigenvalue weighted by Crippen LogP contribution is 2.46. The number of pyridine rings is 1. The average molecular weight is 646 g/mol. The summed E-state index contributed by atoms with van der Waals surface area (Å²) in [5.41, 5.74) is 1.12. The number of rotatable bonds is 6. The molecule has 2 aromatic rings. The molecule has 2 amide bonds. The molecule has 11 nitrogen and oxygen atoms in total. The monoisotopic (exact) mass is 645 g/mol. The molecule has 4 fully saturated rings. The number of nitrogens with zero attached hydrogens (tertiary/aromatic N) is 4. The van der Waals surface area contributed by atoms with E-state index in [0.717, 1.165) is 51.1 Å². The Bertz CT molecular complexity index is 1640. The van der Waals surface area contributed by atoms with Gasteiger partial charge in [-0.3, -0.25) is 19.6 Å². The average Bonchev–Trinajstić information content (AvgIpc) is 3.69. The number of likely N-dealkylation sites (tertiary alicyclic amines) is 2. The van der Waals surface area contributed by atoms with E-state index in [1.54, 1.807) is 32.9 Å². The lowest BCUT2D eigenvalue weighted by Gasteiger charge is -2.44. The van der Waals surface area contributed by atoms with Gasteiger partial charge >= 0.3 is 12.1 Å². The Morgan fingerprint density at radius 1 is 1.19 bits per heavy atom. The Kier molecular flexibility index (Phi) is 7.96. The number of aromatic nitrogens is 1. The topological polar surface area (TPSA) is 134 Å². The SMILES string of the molecule is CC(C)(C)OC(=O)N1[C@@H]2CC[C@@H](C2)[C@H]1C(=O)N[C@H](C#N)Cc1ccc(-c2cc3c(cn2)C(=O)OC32CCN(C3COC3)CC2)cc1F. The molecule has 5 heterocycles. The molecule has 5 aliphatic rings. The first kappa shape index (κ1) is 31.5. The number of amides is 2. The Morgan fingerprint density at radius 3 is 2.62 bits per heavy atom. The van der Waals surface area contributed by atoms with Gasteiger partial charge < -0.3 is 19.5 Å². The first-order valence-corrected chi connectivity index (χ1v) is 16.5. The first-order valence-electron chi connectivity index (χ1n) is 16.5. The quantitative estimate of drug-likeness (QED) is 0.461. The molecule has 0 radical (unpaired) electrons. The van der Waals surface area contributed by atoms with Crippen molar-refractivity contribution in [2.24, 2.45) is 5.92 Å². The Morgan fingerprint density at radius 2 is 1.96 bits per heavy atom. The summed E-state index contributed by atoms with van der Waals surface area (Å²) in [7, 11) is 0. The molecule has 4 aliphatic heterocycles. The third kappa shape index (κ3) is 5.84. The number of ether oxygens (including phenoxy) is 3. The van der Waals surface area contributed by atoms with Crippen molar-refractivity contribution in [3.05, 3.63) is 53.0 Å². The molecular formula is C35H40FN5O6. The van der Waals surface area contributed by atoms with Gasteiger partial charge in [-0.25, -0.2) is 14.0 Å². The van der Waals surface area contributed by atoms with Gasteiger partial charge in [0.1, 0.15) is 29.1 Å². The lowest BCUT2D eigenvalue weighted by molar-refractivity contribution is -0.128. The minimum atomic E-state index is -0.999. The standard InChI is InChI=1S/C35H40FN5O6/c1-34(2,3)47-33(44)41-24-7-6-22(13-24)30(41)31(42)39-23(16-37)12-20-4-5-21(14-28(20)36)29-15-27-26(17-38-29)32(43)46-35(27)8-10-40(11-9-35)25-18-45-19-25/h4-5,14-15,17,22-25,30H,6-13,18-19H2,1-3H3,(H,39,42)/t22-,23-,24+,30-/m0/s1. The minimum absolute atomic E-state index is 0.00701. The maximum absolute atomic E-state index is 15.5. The van der Waals surface area contributed by atoms with Crippen molar-refractivity contribution in [2.45, 2.75) is 94.7 Å². The van der Waals surface area contributed by atoms with E-state index in [2.05, 4.69) is 21.3 Å². The van der Waals surface area contributed by atoms with E-state index >= 15 is 4.39 Å². The predicted octanol–water partition coefficient (Wildman–Crippen LogP) is 4.09. The number of esters is 1. The molecule has 1 N–H and O–H groups in total. The molecule has 1 aliphatic carbocycles. The summed E-state index contributed by atoms with van der Waals surface area (Å²) in [4.78, 5) is 47.6. The lowest BCUT2D eigenvalue weighted by Crippen LogP contribution is -2.55. The fourth-order valence-corrected chi connectivity index (χ4v) is 7.88. The molecule has 47 heavy (non-hydrogen) atoms. The minimum Gasteiger partial charge on any atom is -0.450 e. The van der Waals surface area contributed by atoms with Crippen LogP contribution in [0.5, 0.6) is 0 Å². The molecule has 2 bridgehead atoms. The zero-order valence-electron chi connectivity index (χ0n) is 27.0. The molecule has 1 aromatic heterocycles. The summed E-state index contributed by atoms with van der Waals surface area (Å²) in [5.74, 6) is -1.35. The van der Waals surface area contributed by atoms with E-state index in [1.165, 1.54) is 17.2 Å². The molecule has 0 unspecified atom stereocenters. The fourth-order valence-electron chi connectivity index (χ4n) is 7.88. The van der Waals surface area contributed by atoms with Crippen molar-refractivity contribution >= 4 is 18.0 Å². The highest BCUT2D eigenvalue weighted by atomic mass is 19.1. The number of hydrogen-bond donors (Lipinski definition) is 1. The second kappa shape index (κ2) is 11.9. The molecule has 12 heteroatoms. The summed E-state index contributed by atoms with van der Waals surface area (Å²) in [6.45, 7) is 8.38. The molecule has 1 aromatic carbocycles. The Labute approximate surface area is 273 Å². The number of benzene rings is 1.